The Kier molecular flexibility index (Phi) is 4.20. The van der Waals surface area contributed by atoms with Crippen LogP contribution >= 0.6 is 0 Å². The largest absolute Gasteiger partial charge is 0.389 e. The Hall–Kier alpha value is -1.20. The first kappa shape index (κ1) is 12.9. The van der Waals surface area contributed by atoms with Gasteiger partial charge in [-0.1, -0.05) is 0 Å². The predicted molar refractivity (Wildman–Crippen MR) is 64.1 cm³/mol. The van der Waals surface area contributed by atoms with Gasteiger partial charge in [-0.3, -0.25) is 4.98 Å². The molecule has 1 rings (SSSR count). The van der Waals surface area contributed by atoms with Crippen molar-refractivity contribution in [2.75, 3.05) is 18.0 Å². The van der Waals surface area contributed by atoms with Gasteiger partial charge in [0.15, 0.2) is 0 Å². The summed E-state index contributed by atoms with van der Waals surface area (Å²) in [6.07, 6.45) is 3.36. The van der Waals surface area contributed by atoms with Crippen LogP contribution in [-0.2, 0) is 6.54 Å². The molecule has 0 atom stereocenters. The molecule has 1 aromatic heterocycles. The third-order valence-electron chi connectivity index (χ3n) is 2.18. The van der Waals surface area contributed by atoms with Gasteiger partial charge in [-0.15, -0.1) is 0 Å². The first-order valence-electron chi connectivity index (χ1n) is 5.44. The second-order valence-electron chi connectivity index (χ2n) is 4.40. The van der Waals surface area contributed by atoms with Gasteiger partial charge in [0.25, 0.3) is 0 Å². The molecule has 0 bridgehead atoms. The molecule has 16 heavy (non-hydrogen) atoms. The SMILES string of the molecule is CCN(CC(C)(C)O)c1cnc(CN)cn1. The molecule has 0 saturated carbocycles. The normalized spacial score (nSPS) is 11.6. The van der Waals surface area contributed by atoms with Crippen LogP contribution in [0.2, 0.25) is 0 Å². The van der Waals surface area contributed by atoms with Gasteiger partial charge in [0, 0.05) is 19.6 Å². The summed E-state index contributed by atoms with van der Waals surface area (Å²) in [5.41, 5.74) is 5.48. The molecule has 0 unspecified atom stereocenters. The van der Waals surface area contributed by atoms with Crippen molar-refractivity contribution >= 4 is 5.82 Å². The minimum Gasteiger partial charge on any atom is -0.389 e. The smallest absolute Gasteiger partial charge is 0.147 e. The van der Waals surface area contributed by atoms with Crippen molar-refractivity contribution < 1.29 is 5.11 Å². The second kappa shape index (κ2) is 5.23. The van der Waals surface area contributed by atoms with E-state index < -0.39 is 5.60 Å². The maximum Gasteiger partial charge on any atom is 0.147 e. The topological polar surface area (TPSA) is 75.3 Å². The van der Waals surface area contributed by atoms with Crippen molar-refractivity contribution in [1.82, 2.24) is 9.97 Å². The van der Waals surface area contributed by atoms with Crippen LogP contribution in [0.1, 0.15) is 26.5 Å². The number of hydrogen-bond acceptors (Lipinski definition) is 5. The Morgan fingerprint density at radius 2 is 2.06 bits per heavy atom. The zero-order valence-corrected chi connectivity index (χ0v) is 10.1. The average Bonchev–Trinajstić information content (AvgIpc) is 2.25. The monoisotopic (exact) mass is 224 g/mol. The van der Waals surface area contributed by atoms with Gasteiger partial charge in [0.05, 0.1) is 23.7 Å². The number of nitrogens with zero attached hydrogens (tertiary/aromatic N) is 3. The third-order valence-corrected chi connectivity index (χ3v) is 2.18. The summed E-state index contributed by atoms with van der Waals surface area (Å²) in [6, 6.07) is 0. The van der Waals surface area contributed by atoms with Crippen molar-refractivity contribution in [2.45, 2.75) is 32.9 Å². The highest BCUT2D eigenvalue weighted by Crippen LogP contribution is 2.13. The van der Waals surface area contributed by atoms with Gasteiger partial charge in [0.2, 0.25) is 0 Å². The van der Waals surface area contributed by atoms with Crippen molar-refractivity contribution in [1.29, 1.82) is 0 Å². The minimum absolute atomic E-state index is 0.394. The summed E-state index contributed by atoms with van der Waals surface area (Å²) in [5, 5.41) is 9.77. The Labute approximate surface area is 96.3 Å². The molecule has 3 N–H and O–H groups in total. The van der Waals surface area contributed by atoms with E-state index in [9.17, 15) is 5.11 Å². The Morgan fingerprint density at radius 1 is 1.38 bits per heavy atom. The lowest BCUT2D eigenvalue weighted by Gasteiger charge is -2.28. The molecule has 1 heterocycles. The molecule has 5 nitrogen and oxygen atoms in total. The molecule has 0 aliphatic rings. The summed E-state index contributed by atoms with van der Waals surface area (Å²) < 4.78 is 0. The fourth-order valence-corrected chi connectivity index (χ4v) is 1.44. The van der Waals surface area contributed by atoms with Gasteiger partial charge in [0.1, 0.15) is 5.82 Å². The van der Waals surface area contributed by atoms with E-state index in [1.807, 2.05) is 11.8 Å². The van der Waals surface area contributed by atoms with Crippen LogP contribution in [0.15, 0.2) is 12.4 Å². The summed E-state index contributed by atoms with van der Waals surface area (Å²) in [5.74, 6) is 0.766. The lowest BCUT2D eigenvalue weighted by molar-refractivity contribution is 0.0874. The zero-order chi connectivity index (χ0) is 12.2. The van der Waals surface area contributed by atoms with Gasteiger partial charge < -0.3 is 15.7 Å². The van der Waals surface area contributed by atoms with Crippen molar-refractivity contribution in [3.05, 3.63) is 18.1 Å². The molecule has 0 aliphatic heterocycles. The highest BCUT2D eigenvalue weighted by molar-refractivity contribution is 5.36. The van der Waals surface area contributed by atoms with Crippen LogP contribution < -0.4 is 10.6 Å². The third kappa shape index (κ3) is 3.75. The van der Waals surface area contributed by atoms with E-state index in [4.69, 9.17) is 5.73 Å². The molecule has 1 aromatic rings. The Morgan fingerprint density at radius 3 is 2.44 bits per heavy atom. The molecule has 0 spiro atoms. The zero-order valence-electron chi connectivity index (χ0n) is 10.1. The standard InChI is InChI=1S/C11H20N4O/c1-4-15(8-11(2,3)16)10-7-13-9(5-12)6-14-10/h6-7,16H,4-5,8,12H2,1-3H3. The number of rotatable bonds is 5. The molecule has 90 valence electrons. The van der Waals surface area contributed by atoms with Crippen molar-refractivity contribution in [3.63, 3.8) is 0 Å². The molecule has 0 aromatic carbocycles. The van der Waals surface area contributed by atoms with Crippen molar-refractivity contribution in [3.8, 4) is 0 Å². The highest BCUT2D eigenvalue weighted by atomic mass is 16.3. The number of hydrogen-bond donors (Lipinski definition) is 2. The van der Waals surface area contributed by atoms with E-state index in [1.165, 1.54) is 0 Å². The number of anilines is 1. The van der Waals surface area contributed by atoms with E-state index in [0.29, 0.717) is 13.1 Å². The number of likely N-dealkylation sites (N-methyl/N-ethyl adjacent to an activating group) is 1. The maximum atomic E-state index is 9.77. The Balaban J connectivity index is 2.79. The molecular weight excluding hydrogens is 204 g/mol. The van der Waals surface area contributed by atoms with E-state index in [1.54, 1.807) is 26.2 Å². The summed E-state index contributed by atoms with van der Waals surface area (Å²) in [7, 11) is 0. The molecule has 0 radical (unpaired) electrons. The van der Waals surface area contributed by atoms with Crippen LogP contribution in [0.4, 0.5) is 5.82 Å². The van der Waals surface area contributed by atoms with Crippen LogP contribution in [0, 0.1) is 0 Å². The molecule has 0 aliphatic carbocycles. The minimum atomic E-state index is -0.746. The fourth-order valence-electron chi connectivity index (χ4n) is 1.44. The number of nitrogens with two attached hydrogens (primary N) is 1. The quantitative estimate of drug-likeness (QED) is 0.763. The van der Waals surface area contributed by atoms with E-state index in [0.717, 1.165) is 18.1 Å². The van der Waals surface area contributed by atoms with Crippen LogP contribution in [0.5, 0.6) is 0 Å². The van der Waals surface area contributed by atoms with E-state index >= 15 is 0 Å². The van der Waals surface area contributed by atoms with Crippen LogP contribution in [-0.4, -0.2) is 33.8 Å². The molecule has 0 saturated heterocycles. The second-order valence-corrected chi connectivity index (χ2v) is 4.40. The molecular formula is C11H20N4O. The number of aromatic nitrogens is 2. The highest BCUT2D eigenvalue weighted by Gasteiger charge is 2.18. The van der Waals surface area contributed by atoms with Crippen molar-refractivity contribution in [2.24, 2.45) is 5.73 Å². The average molecular weight is 224 g/mol. The molecule has 0 fully saturated rings. The summed E-state index contributed by atoms with van der Waals surface area (Å²) in [6.45, 7) is 7.27. The van der Waals surface area contributed by atoms with Crippen LogP contribution in [0.3, 0.4) is 0 Å². The van der Waals surface area contributed by atoms with Crippen LogP contribution in [0.25, 0.3) is 0 Å². The lowest BCUT2D eigenvalue weighted by Crippen LogP contribution is -2.39. The maximum absolute atomic E-state index is 9.77. The van der Waals surface area contributed by atoms with Gasteiger partial charge in [-0.05, 0) is 20.8 Å². The van der Waals surface area contributed by atoms with Gasteiger partial charge >= 0.3 is 0 Å². The first-order chi connectivity index (χ1) is 7.46. The Bertz CT molecular complexity index is 318. The summed E-state index contributed by atoms with van der Waals surface area (Å²) in [4.78, 5) is 10.4. The molecule has 5 heteroatoms. The van der Waals surface area contributed by atoms with Gasteiger partial charge in [-0.25, -0.2) is 4.98 Å². The molecule has 0 amide bonds. The predicted octanol–water partition coefficient (Wildman–Crippen LogP) is 0.532. The lowest BCUT2D eigenvalue weighted by atomic mass is 10.1. The summed E-state index contributed by atoms with van der Waals surface area (Å²) >= 11 is 0. The van der Waals surface area contributed by atoms with E-state index in [-0.39, 0.29) is 0 Å². The fraction of sp³-hybridized carbons (Fsp3) is 0.636. The van der Waals surface area contributed by atoms with Gasteiger partial charge in [-0.2, -0.15) is 0 Å². The first-order valence-corrected chi connectivity index (χ1v) is 5.44. The number of aliphatic hydroxyl groups is 1. The van der Waals surface area contributed by atoms with E-state index in [2.05, 4.69) is 9.97 Å².